The van der Waals surface area contributed by atoms with Gasteiger partial charge in [-0.05, 0) is 20.3 Å². The second-order valence-electron chi connectivity index (χ2n) is 6.18. The molecule has 7 heteroatoms. The zero-order chi connectivity index (χ0) is 14.8. The first-order valence-electron chi connectivity index (χ1n) is 6.53. The number of ether oxygens (including phenoxy) is 2. The van der Waals surface area contributed by atoms with Gasteiger partial charge in [-0.2, -0.15) is 0 Å². The molecule has 1 aliphatic heterocycles. The van der Waals surface area contributed by atoms with Crippen LogP contribution in [0.5, 0.6) is 0 Å². The molecule has 1 heterocycles. The van der Waals surface area contributed by atoms with E-state index in [1.807, 2.05) is 0 Å². The van der Waals surface area contributed by atoms with Crippen molar-refractivity contribution >= 4 is 33.8 Å². The van der Waals surface area contributed by atoms with E-state index in [0.29, 0.717) is 6.42 Å². The lowest BCUT2D eigenvalue weighted by molar-refractivity contribution is -0.315. The number of carboxylic acids is 1. The van der Waals surface area contributed by atoms with Crippen molar-refractivity contribution in [1.82, 2.24) is 0 Å². The Morgan fingerprint density at radius 1 is 1.40 bits per heavy atom. The Morgan fingerprint density at radius 2 is 2.05 bits per heavy atom. The number of alkyl halides is 1. The second kappa shape index (κ2) is 4.19. The lowest BCUT2D eigenvalue weighted by atomic mass is 9.78. The number of halogens is 1. The van der Waals surface area contributed by atoms with Gasteiger partial charge in [0.25, 0.3) is 0 Å². The van der Waals surface area contributed by atoms with Gasteiger partial charge in [0.1, 0.15) is 16.5 Å². The zero-order valence-electron chi connectivity index (χ0n) is 11.0. The quantitative estimate of drug-likeness (QED) is 0.511. The molecule has 20 heavy (non-hydrogen) atoms. The first kappa shape index (κ1) is 13.9. The molecule has 3 aliphatic rings. The van der Waals surface area contributed by atoms with E-state index in [4.69, 9.17) is 9.47 Å². The van der Waals surface area contributed by atoms with E-state index in [1.54, 1.807) is 13.8 Å². The van der Waals surface area contributed by atoms with Crippen molar-refractivity contribution in [1.29, 1.82) is 0 Å². The van der Waals surface area contributed by atoms with Crippen molar-refractivity contribution in [2.24, 2.45) is 23.7 Å². The molecule has 0 amide bonds. The second-order valence-corrected chi connectivity index (χ2v) is 8.16. The van der Waals surface area contributed by atoms with Crippen LogP contribution in [-0.2, 0) is 23.9 Å². The topological polar surface area (TPSA) is 92.7 Å². The molecule has 1 saturated heterocycles. The third-order valence-electron chi connectivity index (χ3n) is 4.55. The van der Waals surface area contributed by atoms with Gasteiger partial charge in [-0.3, -0.25) is 9.59 Å². The molecule has 3 fully saturated rings. The summed E-state index contributed by atoms with van der Waals surface area (Å²) in [6.07, 6.45) is -0.665. The van der Waals surface area contributed by atoms with Crippen molar-refractivity contribution in [2.45, 2.75) is 36.8 Å². The van der Waals surface area contributed by atoms with E-state index in [9.17, 15) is 19.5 Å². The summed E-state index contributed by atoms with van der Waals surface area (Å²) in [7, 11) is 0. The van der Waals surface area contributed by atoms with E-state index in [-0.39, 0.29) is 5.92 Å². The van der Waals surface area contributed by atoms with Gasteiger partial charge >= 0.3 is 11.9 Å². The van der Waals surface area contributed by atoms with E-state index < -0.39 is 52.2 Å². The van der Waals surface area contributed by atoms with E-state index in [1.165, 1.54) is 0 Å². The fourth-order valence-electron chi connectivity index (χ4n) is 3.73. The molecule has 0 aromatic heterocycles. The maximum Gasteiger partial charge on any atom is 0.322 e. The van der Waals surface area contributed by atoms with Crippen LogP contribution in [0.3, 0.4) is 0 Å². The van der Waals surface area contributed by atoms with Gasteiger partial charge < -0.3 is 19.4 Å². The summed E-state index contributed by atoms with van der Waals surface area (Å²) >= 11 is 3.20. The predicted molar refractivity (Wildman–Crippen MR) is 66.4 cm³/mol. The first-order valence-corrected chi connectivity index (χ1v) is 7.32. The number of hydrogen-bond donors (Lipinski definition) is 0. The van der Waals surface area contributed by atoms with Crippen molar-refractivity contribution < 1.29 is 29.0 Å². The molecule has 2 saturated carbocycles. The van der Waals surface area contributed by atoms with Crippen LogP contribution in [0.4, 0.5) is 0 Å². The Balaban J connectivity index is 1.86. The first-order chi connectivity index (χ1) is 9.21. The molecule has 0 radical (unpaired) electrons. The monoisotopic (exact) mass is 345 g/mol. The molecule has 110 valence electrons. The highest BCUT2D eigenvalue weighted by Crippen LogP contribution is 2.58. The number of carbonyl (C=O) groups is 3. The molecular weight excluding hydrogens is 332 g/mol. The molecule has 0 aromatic rings. The van der Waals surface area contributed by atoms with Gasteiger partial charge in [-0.25, -0.2) is 0 Å². The number of hydrogen-bond acceptors (Lipinski definition) is 6. The van der Waals surface area contributed by atoms with Gasteiger partial charge in [-0.15, -0.1) is 0 Å². The van der Waals surface area contributed by atoms with Crippen LogP contribution in [-0.4, -0.2) is 34.4 Å². The number of fused-ring (bicyclic) bond motifs is 1. The summed E-state index contributed by atoms with van der Waals surface area (Å²) in [5, 5.41) is 11.3. The number of aliphatic carboxylic acids is 1. The van der Waals surface area contributed by atoms with Crippen LogP contribution in [0.1, 0.15) is 20.3 Å². The molecule has 6 unspecified atom stereocenters. The average molecular weight is 346 g/mol. The van der Waals surface area contributed by atoms with Crippen molar-refractivity contribution in [3.8, 4) is 0 Å². The highest BCUT2D eigenvalue weighted by atomic mass is 79.9. The summed E-state index contributed by atoms with van der Waals surface area (Å²) < 4.78 is 9.77. The molecular formula is C13H14BrO6-. The molecule has 3 rings (SSSR count). The lowest BCUT2D eigenvalue weighted by Gasteiger charge is -2.33. The average Bonchev–Trinajstić information content (AvgIpc) is 2.90. The number of carbonyl (C=O) groups excluding carboxylic acids is 3. The normalized spacial score (nSPS) is 41.6. The Morgan fingerprint density at radius 3 is 2.60 bits per heavy atom. The molecule has 0 N–H and O–H groups in total. The van der Waals surface area contributed by atoms with Crippen molar-refractivity contribution in [3.05, 3.63) is 0 Å². The van der Waals surface area contributed by atoms with Gasteiger partial charge in [0.15, 0.2) is 0 Å². The molecule has 0 aromatic carbocycles. The minimum absolute atomic E-state index is 0.174. The molecule has 6 nitrogen and oxygen atoms in total. The predicted octanol–water partition coefficient (Wildman–Crippen LogP) is -0.371. The van der Waals surface area contributed by atoms with Crippen LogP contribution >= 0.6 is 15.9 Å². The van der Waals surface area contributed by atoms with Crippen LogP contribution in [0.25, 0.3) is 0 Å². The van der Waals surface area contributed by atoms with Gasteiger partial charge in [-0.1, -0.05) is 15.9 Å². The fourth-order valence-corrected chi connectivity index (χ4v) is 3.83. The summed E-state index contributed by atoms with van der Waals surface area (Å²) in [5.41, 5.74) is 0. The minimum atomic E-state index is -1.26. The van der Waals surface area contributed by atoms with Crippen molar-refractivity contribution in [2.75, 3.05) is 0 Å². The summed E-state index contributed by atoms with van der Waals surface area (Å²) in [5.74, 6) is -4.39. The Hall–Kier alpha value is -1.11. The smallest absolute Gasteiger partial charge is 0.322 e. The van der Waals surface area contributed by atoms with Crippen LogP contribution in [0, 0.1) is 23.7 Å². The molecule has 2 bridgehead atoms. The maximum atomic E-state index is 12.0. The van der Waals surface area contributed by atoms with Crippen LogP contribution in [0.15, 0.2) is 0 Å². The molecule has 0 spiro atoms. The Labute approximate surface area is 123 Å². The van der Waals surface area contributed by atoms with Crippen LogP contribution in [0.2, 0.25) is 0 Å². The number of esters is 2. The van der Waals surface area contributed by atoms with Crippen molar-refractivity contribution in [3.63, 3.8) is 0 Å². The fraction of sp³-hybridized carbons (Fsp3) is 0.769. The van der Waals surface area contributed by atoms with E-state index in [0.717, 1.165) is 0 Å². The highest BCUT2D eigenvalue weighted by Gasteiger charge is 2.68. The van der Waals surface area contributed by atoms with E-state index >= 15 is 0 Å². The summed E-state index contributed by atoms with van der Waals surface area (Å²) in [6.45, 7) is 3.28. The molecule has 6 atom stereocenters. The summed E-state index contributed by atoms with van der Waals surface area (Å²) in [4.78, 5) is 35.0. The van der Waals surface area contributed by atoms with Gasteiger partial charge in [0.05, 0.1) is 5.92 Å². The Bertz CT molecular complexity index is 496. The lowest BCUT2D eigenvalue weighted by Crippen LogP contribution is -2.48. The number of rotatable bonds is 3. The number of carboxylic acid groups (broad SMARTS) is 1. The third kappa shape index (κ3) is 1.78. The highest BCUT2D eigenvalue weighted by molar-refractivity contribution is 9.10. The van der Waals surface area contributed by atoms with Gasteiger partial charge in [0.2, 0.25) is 0 Å². The SMILES string of the molecule is CC(C)(Br)C(=O)OC1C2CC3C1OC(=O)C3C2C(=O)[O-]. The van der Waals surface area contributed by atoms with Gasteiger partial charge in [0, 0.05) is 23.7 Å². The standard InChI is InChI=1S/C13H15BrO6/c1-13(2,14)12(18)20-9-4-3-5-7(6(4)10(15)16)11(17)19-8(5)9/h4-9H,3H2,1-2H3,(H,15,16)/p-1. The van der Waals surface area contributed by atoms with Crippen LogP contribution < -0.4 is 5.11 Å². The third-order valence-corrected chi connectivity index (χ3v) is 4.87. The zero-order valence-corrected chi connectivity index (χ0v) is 12.6. The minimum Gasteiger partial charge on any atom is -0.550 e. The maximum absolute atomic E-state index is 12.0. The molecule has 2 aliphatic carbocycles. The summed E-state index contributed by atoms with van der Waals surface area (Å²) in [6, 6.07) is 0. The largest absolute Gasteiger partial charge is 0.550 e. The van der Waals surface area contributed by atoms with E-state index in [2.05, 4.69) is 15.9 Å². The Kier molecular flexibility index (Phi) is 2.90.